The van der Waals surface area contributed by atoms with Gasteiger partial charge in [-0.1, -0.05) is 40.9 Å². The van der Waals surface area contributed by atoms with Crippen LogP contribution in [0.1, 0.15) is 18.4 Å². The quantitative estimate of drug-likeness (QED) is 0.768. The first-order valence-electron chi connectivity index (χ1n) is 6.62. The number of aromatic nitrogens is 1. The summed E-state index contributed by atoms with van der Waals surface area (Å²) in [7, 11) is 0. The van der Waals surface area contributed by atoms with Crippen molar-refractivity contribution in [2.24, 2.45) is 0 Å². The van der Waals surface area contributed by atoms with Crippen molar-refractivity contribution in [2.45, 2.75) is 25.4 Å². The molecule has 0 spiro atoms. The Morgan fingerprint density at radius 1 is 1.10 bits per heavy atom. The fourth-order valence-corrected chi connectivity index (χ4v) is 2.40. The third-order valence-corrected chi connectivity index (χ3v) is 4.18. The number of nitrogens with zero attached hydrogens (tertiary/aromatic N) is 1. The molecule has 0 radical (unpaired) electrons. The lowest BCUT2D eigenvalue weighted by atomic mass is 10.3. The standard InChI is InChI=1S/C15H13Cl3N2O/c16-11-5-13(18)14(6-12(11)17)21-15-4-1-9(8-20-15)7-19-10-2-3-10/h1,4-6,8,10,19H,2-3,7H2. The van der Waals surface area contributed by atoms with Crippen molar-refractivity contribution >= 4 is 34.8 Å². The van der Waals surface area contributed by atoms with Gasteiger partial charge in [-0.15, -0.1) is 0 Å². The van der Waals surface area contributed by atoms with Crippen LogP contribution in [0.15, 0.2) is 30.5 Å². The molecule has 0 unspecified atom stereocenters. The Hall–Kier alpha value is -1.00. The lowest BCUT2D eigenvalue weighted by Gasteiger charge is -2.09. The van der Waals surface area contributed by atoms with Gasteiger partial charge in [0, 0.05) is 30.9 Å². The largest absolute Gasteiger partial charge is 0.437 e. The van der Waals surface area contributed by atoms with Gasteiger partial charge in [0.15, 0.2) is 0 Å². The normalized spacial score (nSPS) is 14.2. The summed E-state index contributed by atoms with van der Waals surface area (Å²) >= 11 is 17.9. The van der Waals surface area contributed by atoms with E-state index in [1.54, 1.807) is 18.3 Å². The van der Waals surface area contributed by atoms with Gasteiger partial charge < -0.3 is 10.1 Å². The highest BCUT2D eigenvalue weighted by molar-refractivity contribution is 6.43. The molecule has 1 fully saturated rings. The van der Waals surface area contributed by atoms with Crippen LogP contribution >= 0.6 is 34.8 Å². The van der Waals surface area contributed by atoms with Crippen molar-refractivity contribution in [1.29, 1.82) is 0 Å². The van der Waals surface area contributed by atoms with Gasteiger partial charge in [-0.25, -0.2) is 4.98 Å². The zero-order chi connectivity index (χ0) is 14.8. The number of ether oxygens (including phenoxy) is 1. The van der Waals surface area contributed by atoms with Gasteiger partial charge >= 0.3 is 0 Å². The molecule has 1 N–H and O–H groups in total. The van der Waals surface area contributed by atoms with Crippen LogP contribution in [0.25, 0.3) is 0 Å². The summed E-state index contributed by atoms with van der Waals surface area (Å²) in [6, 6.07) is 7.59. The van der Waals surface area contributed by atoms with E-state index in [1.165, 1.54) is 12.8 Å². The van der Waals surface area contributed by atoms with E-state index < -0.39 is 0 Å². The smallest absolute Gasteiger partial charge is 0.219 e. The molecule has 1 aromatic carbocycles. The van der Waals surface area contributed by atoms with E-state index in [-0.39, 0.29) is 0 Å². The Bertz CT molecular complexity index is 642. The van der Waals surface area contributed by atoms with Crippen LogP contribution in [0.4, 0.5) is 0 Å². The highest BCUT2D eigenvalue weighted by Crippen LogP contribution is 2.35. The second-order valence-corrected chi connectivity index (χ2v) is 6.18. The molecule has 2 aromatic rings. The number of benzene rings is 1. The molecule has 21 heavy (non-hydrogen) atoms. The van der Waals surface area contributed by atoms with Crippen LogP contribution in [-0.2, 0) is 6.54 Å². The molecule has 1 aliphatic rings. The Kier molecular flexibility index (Phi) is 4.55. The van der Waals surface area contributed by atoms with Crippen LogP contribution < -0.4 is 10.1 Å². The SMILES string of the molecule is Clc1cc(Cl)c(Oc2ccc(CNC3CC3)cn2)cc1Cl. The van der Waals surface area contributed by atoms with E-state index in [0.29, 0.717) is 32.7 Å². The van der Waals surface area contributed by atoms with Crippen molar-refractivity contribution in [3.8, 4) is 11.6 Å². The maximum absolute atomic E-state index is 6.07. The van der Waals surface area contributed by atoms with E-state index in [2.05, 4.69) is 10.3 Å². The molecule has 1 aromatic heterocycles. The maximum Gasteiger partial charge on any atom is 0.219 e. The maximum atomic E-state index is 6.07. The summed E-state index contributed by atoms with van der Waals surface area (Å²) < 4.78 is 5.63. The highest BCUT2D eigenvalue weighted by Gasteiger charge is 2.19. The molecule has 1 heterocycles. The molecule has 0 bridgehead atoms. The Morgan fingerprint density at radius 2 is 1.86 bits per heavy atom. The predicted octanol–water partition coefficient (Wildman–Crippen LogP) is 5.09. The first-order valence-corrected chi connectivity index (χ1v) is 7.76. The topological polar surface area (TPSA) is 34.1 Å². The van der Waals surface area contributed by atoms with E-state index in [1.807, 2.05) is 12.1 Å². The van der Waals surface area contributed by atoms with Crippen molar-refractivity contribution in [3.05, 3.63) is 51.1 Å². The molecular formula is C15H13Cl3N2O. The third kappa shape index (κ3) is 4.01. The fraction of sp³-hybridized carbons (Fsp3) is 0.267. The van der Waals surface area contributed by atoms with E-state index >= 15 is 0 Å². The molecule has 1 saturated carbocycles. The molecule has 6 heteroatoms. The van der Waals surface area contributed by atoms with Gasteiger partial charge in [0.25, 0.3) is 0 Å². The van der Waals surface area contributed by atoms with E-state index in [0.717, 1.165) is 12.1 Å². The third-order valence-electron chi connectivity index (χ3n) is 3.16. The highest BCUT2D eigenvalue weighted by atomic mass is 35.5. The van der Waals surface area contributed by atoms with Crippen LogP contribution in [0.2, 0.25) is 15.1 Å². The molecule has 0 amide bonds. The Balaban J connectivity index is 1.68. The summed E-state index contributed by atoms with van der Waals surface area (Å²) in [4.78, 5) is 4.27. The minimum Gasteiger partial charge on any atom is -0.437 e. The minimum atomic E-state index is 0.390. The number of nitrogens with one attached hydrogen (secondary N) is 1. The monoisotopic (exact) mass is 342 g/mol. The van der Waals surface area contributed by atoms with Crippen molar-refractivity contribution in [3.63, 3.8) is 0 Å². The molecule has 0 saturated heterocycles. The second kappa shape index (κ2) is 6.41. The summed E-state index contributed by atoms with van der Waals surface area (Å²) in [5.74, 6) is 0.896. The van der Waals surface area contributed by atoms with Gasteiger partial charge in [0.05, 0.1) is 15.1 Å². The van der Waals surface area contributed by atoms with Gasteiger partial charge in [-0.3, -0.25) is 0 Å². The van der Waals surface area contributed by atoms with Gasteiger partial charge in [-0.2, -0.15) is 0 Å². The number of hydrogen-bond donors (Lipinski definition) is 1. The van der Waals surface area contributed by atoms with Crippen LogP contribution in [0.3, 0.4) is 0 Å². The summed E-state index contributed by atoms with van der Waals surface area (Å²) in [6.07, 6.45) is 4.32. The molecule has 1 aliphatic carbocycles. The van der Waals surface area contributed by atoms with Gasteiger partial charge in [0.2, 0.25) is 5.88 Å². The van der Waals surface area contributed by atoms with E-state index in [9.17, 15) is 0 Å². The van der Waals surface area contributed by atoms with E-state index in [4.69, 9.17) is 39.5 Å². The molecule has 0 aliphatic heterocycles. The zero-order valence-electron chi connectivity index (χ0n) is 11.1. The molecule has 0 atom stereocenters. The van der Waals surface area contributed by atoms with Gasteiger partial charge in [-0.05, 0) is 24.5 Å². The molecule has 3 nitrogen and oxygen atoms in total. The Labute approximate surface area is 138 Å². The first-order chi connectivity index (χ1) is 10.1. The lowest BCUT2D eigenvalue weighted by molar-refractivity contribution is 0.462. The Morgan fingerprint density at radius 3 is 2.52 bits per heavy atom. The van der Waals surface area contributed by atoms with Crippen LogP contribution in [-0.4, -0.2) is 11.0 Å². The molecule has 110 valence electrons. The second-order valence-electron chi connectivity index (χ2n) is 4.96. The fourth-order valence-electron chi connectivity index (χ4n) is 1.82. The number of rotatable bonds is 5. The summed E-state index contributed by atoms with van der Waals surface area (Å²) in [5, 5.41) is 4.61. The van der Waals surface area contributed by atoms with Crippen LogP contribution in [0, 0.1) is 0 Å². The number of pyridine rings is 1. The first kappa shape index (κ1) is 14.9. The zero-order valence-corrected chi connectivity index (χ0v) is 13.3. The van der Waals surface area contributed by atoms with Crippen molar-refractivity contribution < 1.29 is 4.74 Å². The van der Waals surface area contributed by atoms with Crippen molar-refractivity contribution in [1.82, 2.24) is 10.3 Å². The minimum absolute atomic E-state index is 0.390. The summed E-state index contributed by atoms with van der Waals surface area (Å²) in [5.41, 5.74) is 1.12. The average molecular weight is 344 g/mol. The lowest BCUT2D eigenvalue weighted by Crippen LogP contribution is -2.15. The van der Waals surface area contributed by atoms with Crippen LogP contribution in [0.5, 0.6) is 11.6 Å². The molecule has 3 rings (SSSR count). The van der Waals surface area contributed by atoms with Gasteiger partial charge in [0.1, 0.15) is 5.75 Å². The number of halogens is 3. The number of hydrogen-bond acceptors (Lipinski definition) is 3. The molecular weight excluding hydrogens is 331 g/mol. The van der Waals surface area contributed by atoms with Crippen molar-refractivity contribution in [2.75, 3.05) is 0 Å². The predicted molar refractivity (Wildman–Crippen MR) is 85.6 cm³/mol. The summed E-state index contributed by atoms with van der Waals surface area (Å²) in [6.45, 7) is 0.825. The average Bonchev–Trinajstić information content (AvgIpc) is 3.28.